The molecule has 0 saturated carbocycles. The Morgan fingerprint density at radius 1 is 1.17 bits per heavy atom. The number of nitrogens with zero attached hydrogens (tertiary/aromatic N) is 4. The lowest BCUT2D eigenvalue weighted by Gasteiger charge is -2.34. The molecule has 1 saturated heterocycles. The summed E-state index contributed by atoms with van der Waals surface area (Å²) in [5, 5.41) is 4.41. The van der Waals surface area contributed by atoms with E-state index in [0.29, 0.717) is 5.69 Å². The molecule has 122 valence electrons. The van der Waals surface area contributed by atoms with Crippen LogP contribution in [0.1, 0.15) is 5.56 Å². The number of benzene rings is 1. The molecule has 23 heavy (non-hydrogen) atoms. The van der Waals surface area contributed by atoms with Crippen LogP contribution in [0.3, 0.4) is 0 Å². The van der Waals surface area contributed by atoms with Crippen LogP contribution in [0.4, 0.5) is 10.1 Å². The van der Waals surface area contributed by atoms with Gasteiger partial charge in [0.05, 0.1) is 18.4 Å². The highest BCUT2D eigenvalue weighted by atomic mass is 35.5. The summed E-state index contributed by atoms with van der Waals surface area (Å²) in [4.78, 5) is 16.7. The minimum absolute atomic E-state index is 0.187. The van der Waals surface area contributed by atoms with Gasteiger partial charge in [0.25, 0.3) is 5.56 Å². The summed E-state index contributed by atoms with van der Waals surface area (Å²) in [6, 6.07) is 5.98. The standard InChI is InChI=1S/C16H18ClFN4O/c1-20-6-8-21(9-7-20)14-10-19-22(16(23)15(14)17)11-12-2-4-13(18)5-3-12/h2-5,10H,6-9,11H2,1H3. The number of rotatable bonds is 3. The minimum Gasteiger partial charge on any atom is -0.366 e. The number of hydrogen-bond donors (Lipinski definition) is 0. The van der Waals surface area contributed by atoms with Gasteiger partial charge in [-0.25, -0.2) is 9.07 Å². The summed E-state index contributed by atoms with van der Waals surface area (Å²) in [7, 11) is 2.07. The van der Waals surface area contributed by atoms with Gasteiger partial charge in [0, 0.05) is 26.2 Å². The van der Waals surface area contributed by atoms with Gasteiger partial charge >= 0.3 is 0 Å². The van der Waals surface area contributed by atoms with Gasteiger partial charge in [0.15, 0.2) is 0 Å². The zero-order valence-electron chi connectivity index (χ0n) is 12.9. The van der Waals surface area contributed by atoms with E-state index in [9.17, 15) is 9.18 Å². The molecule has 0 spiro atoms. The first kappa shape index (κ1) is 16.0. The van der Waals surface area contributed by atoms with Crippen LogP contribution in [0.2, 0.25) is 5.02 Å². The maximum atomic E-state index is 12.9. The zero-order valence-corrected chi connectivity index (χ0v) is 13.6. The Hall–Kier alpha value is -1.92. The van der Waals surface area contributed by atoms with E-state index in [4.69, 9.17) is 11.6 Å². The van der Waals surface area contributed by atoms with E-state index in [0.717, 1.165) is 31.7 Å². The van der Waals surface area contributed by atoms with Crippen molar-refractivity contribution in [3.05, 3.63) is 57.2 Å². The van der Waals surface area contributed by atoms with E-state index >= 15 is 0 Å². The van der Waals surface area contributed by atoms with E-state index in [2.05, 4.69) is 21.9 Å². The van der Waals surface area contributed by atoms with Crippen molar-refractivity contribution >= 4 is 17.3 Å². The molecule has 2 heterocycles. The molecular weight excluding hydrogens is 319 g/mol. The van der Waals surface area contributed by atoms with Crippen LogP contribution < -0.4 is 10.5 Å². The van der Waals surface area contributed by atoms with Crippen molar-refractivity contribution in [2.75, 3.05) is 38.1 Å². The quantitative estimate of drug-likeness (QED) is 0.857. The van der Waals surface area contributed by atoms with E-state index in [-0.39, 0.29) is 22.9 Å². The second-order valence-corrected chi connectivity index (χ2v) is 6.10. The van der Waals surface area contributed by atoms with Crippen LogP contribution >= 0.6 is 11.6 Å². The van der Waals surface area contributed by atoms with Crippen LogP contribution in [0.25, 0.3) is 0 Å². The molecule has 0 atom stereocenters. The third-order valence-electron chi connectivity index (χ3n) is 4.06. The first-order valence-electron chi connectivity index (χ1n) is 7.48. The van der Waals surface area contributed by atoms with Crippen molar-refractivity contribution in [1.29, 1.82) is 0 Å². The van der Waals surface area contributed by atoms with Crippen LogP contribution in [-0.4, -0.2) is 47.9 Å². The summed E-state index contributed by atoms with van der Waals surface area (Å²) in [6.45, 7) is 3.75. The summed E-state index contributed by atoms with van der Waals surface area (Å²) >= 11 is 6.27. The maximum Gasteiger partial charge on any atom is 0.287 e. The highest BCUT2D eigenvalue weighted by molar-refractivity contribution is 6.33. The van der Waals surface area contributed by atoms with E-state index in [1.807, 2.05) is 0 Å². The normalized spacial score (nSPS) is 15.9. The Kier molecular flexibility index (Phi) is 4.63. The average molecular weight is 337 g/mol. The van der Waals surface area contributed by atoms with Crippen molar-refractivity contribution in [3.8, 4) is 0 Å². The predicted octanol–water partition coefficient (Wildman–Crippen LogP) is 1.84. The van der Waals surface area contributed by atoms with Crippen LogP contribution in [-0.2, 0) is 6.54 Å². The molecule has 0 bridgehead atoms. The van der Waals surface area contributed by atoms with Gasteiger partial charge in [-0.15, -0.1) is 0 Å². The lowest BCUT2D eigenvalue weighted by molar-refractivity contribution is 0.312. The van der Waals surface area contributed by atoms with Gasteiger partial charge in [0.2, 0.25) is 0 Å². The lowest BCUT2D eigenvalue weighted by Crippen LogP contribution is -2.45. The molecule has 0 radical (unpaired) electrons. The molecule has 1 aromatic carbocycles. The van der Waals surface area contributed by atoms with Crippen molar-refractivity contribution in [3.63, 3.8) is 0 Å². The van der Waals surface area contributed by atoms with E-state index in [1.165, 1.54) is 16.8 Å². The topological polar surface area (TPSA) is 41.4 Å². The molecule has 1 aliphatic heterocycles. The molecule has 1 aliphatic rings. The second-order valence-electron chi connectivity index (χ2n) is 5.72. The Bertz CT molecular complexity index is 739. The third-order valence-corrected chi connectivity index (χ3v) is 4.41. The Morgan fingerprint density at radius 2 is 1.83 bits per heavy atom. The van der Waals surface area contributed by atoms with Gasteiger partial charge in [-0.05, 0) is 24.7 Å². The first-order chi connectivity index (χ1) is 11.0. The summed E-state index contributed by atoms with van der Waals surface area (Å²) < 4.78 is 14.2. The fourth-order valence-corrected chi connectivity index (χ4v) is 2.87. The molecule has 2 aromatic rings. The Labute approximate surface area is 138 Å². The zero-order chi connectivity index (χ0) is 16.4. The summed E-state index contributed by atoms with van der Waals surface area (Å²) in [5.74, 6) is -0.308. The van der Waals surface area contributed by atoms with Gasteiger partial charge in [-0.2, -0.15) is 5.10 Å². The van der Waals surface area contributed by atoms with Crippen molar-refractivity contribution in [2.45, 2.75) is 6.54 Å². The predicted molar refractivity (Wildman–Crippen MR) is 88.7 cm³/mol. The van der Waals surface area contributed by atoms with Crippen molar-refractivity contribution in [1.82, 2.24) is 14.7 Å². The molecule has 0 unspecified atom stereocenters. The fraction of sp³-hybridized carbons (Fsp3) is 0.375. The average Bonchev–Trinajstić information content (AvgIpc) is 2.55. The number of aromatic nitrogens is 2. The SMILES string of the molecule is CN1CCN(c2cnn(Cc3ccc(F)cc3)c(=O)c2Cl)CC1. The largest absolute Gasteiger partial charge is 0.366 e. The van der Waals surface area contributed by atoms with Gasteiger partial charge < -0.3 is 9.80 Å². The highest BCUT2D eigenvalue weighted by Crippen LogP contribution is 2.22. The molecule has 1 fully saturated rings. The molecule has 1 aromatic heterocycles. The lowest BCUT2D eigenvalue weighted by atomic mass is 10.2. The Morgan fingerprint density at radius 3 is 2.48 bits per heavy atom. The molecule has 3 rings (SSSR count). The van der Waals surface area contributed by atoms with Gasteiger partial charge in [0.1, 0.15) is 10.8 Å². The number of likely N-dealkylation sites (N-methyl/N-ethyl adjacent to an activating group) is 1. The molecule has 0 N–H and O–H groups in total. The molecule has 7 heteroatoms. The van der Waals surface area contributed by atoms with Crippen molar-refractivity contribution < 1.29 is 4.39 Å². The molecule has 5 nitrogen and oxygen atoms in total. The highest BCUT2D eigenvalue weighted by Gasteiger charge is 2.19. The van der Waals surface area contributed by atoms with Gasteiger partial charge in [-0.3, -0.25) is 4.79 Å². The Balaban J connectivity index is 1.83. The smallest absolute Gasteiger partial charge is 0.287 e. The summed E-state index contributed by atoms with van der Waals surface area (Å²) in [5.41, 5.74) is 1.15. The number of anilines is 1. The van der Waals surface area contributed by atoms with Crippen molar-refractivity contribution in [2.24, 2.45) is 0 Å². The van der Waals surface area contributed by atoms with E-state index in [1.54, 1.807) is 18.3 Å². The molecular formula is C16H18ClFN4O. The first-order valence-corrected chi connectivity index (χ1v) is 7.86. The number of piperazine rings is 1. The van der Waals surface area contributed by atoms with Crippen LogP contribution in [0, 0.1) is 5.82 Å². The monoisotopic (exact) mass is 336 g/mol. The minimum atomic E-state index is -0.326. The third kappa shape index (κ3) is 3.54. The molecule has 0 amide bonds. The number of hydrogen-bond acceptors (Lipinski definition) is 4. The number of halogens is 2. The molecule has 0 aliphatic carbocycles. The maximum absolute atomic E-state index is 12.9. The van der Waals surface area contributed by atoms with Crippen LogP contribution in [0.5, 0.6) is 0 Å². The van der Waals surface area contributed by atoms with Gasteiger partial charge in [-0.1, -0.05) is 23.7 Å². The fourth-order valence-electron chi connectivity index (χ4n) is 2.60. The summed E-state index contributed by atoms with van der Waals surface area (Å²) in [6.07, 6.45) is 1.64. The van der Waals surface area contributed by atoms with E-state index < -0.39 is 0 Å². The van der Waals surface area contributed by atoms with Crippen LogP contribution in [0.15, 0.2) is 35.3 Å². The second kappa shape index (κ2) is 6.68.